The molecule has 0 aliphatic carbocycles. The van der Waals surface area contributed by atoms with E-state index in [0.717, 1.165) is 28.5 Å². The molecule has 2 aliphatic rings. The summed E-state index contributed by atoms with van der Waals surface area (Å²) in [5.41, 5.74) is 4.76. The number of rotatable bonds is 10. The monoisotopic (exact) mass is 578 g/mol. The van der Waals surface area contributed by atoms with Crippen LogP contribution in [0.25, 0.3) is 0 Å². The molecule has 222 valence electrons. The summed E-state index contributed by atoms with van der Waals surface area (Å²) in [6, 6.07) is 7.38. The van der Waals surface area contributed by atoms with E-state index in [9.17, 15) is 39.6 Å². The van der Waals surface area contributed by atoms with E-state index in [1.807, 2.05) is 4.98 Å². The number of aromatic nitrogens is 2. The van der Waals surface area contributed by atoms with E-state index in [1.54, 1.807) is 12.1 Å². The molecule has 16 heteroatoms. The number of nitrogens with two attached hydrogens (primary N) is 1. The Balaban J connectivity index is 1.46. The van der Waals surface area contributed by atoms with Gasteiger partial charge in [-0.05, 0) is 30.2 Å². The van der Waals surface area contributed by atoms with Crippen molar-refractivity contribution in [3.63, 3.8) is 0 Å². The minimum absolute atomic E-state index is 0.0987. The second-order valence-corrected chi connectivity index (χ2v) is 9.33. The standard InChI is InChI=1S/C25H30N4O12/c1-38-18-17(34)23(29-9-7-15(32)28-25(29)37)40-19(18)20(21(26)35)41-24-16(33)13(31)10-14(39-24)22(36)27-8-6-11-2-4-12(30)5-3-11/h2-5,7,9-10,13,16-20,23-24,30-31,33-34H,6,8H2,1H3,(H2,26,35)(H,27,36)(H,28,32,37)/t13-,16-,17+,18-,19?,20?,23+,24+/m0/s1. The maximum atomic E-state index is 12.7. The average molecular weight is 579 g/mol. The number of amides is 2. The number of nitrogens with zero attached hydrogens (tertiary/aromatic N) is 1. The summed E-state index contributed by atoms with van der Waals surface area (Å²) < 4.78 is 22.9. The van der Waals surface area contributed by atoms with Gasteiger partial charge in [-0.15, -0.1) is 0 Å². The van der Waals surface area contributed by atoms with Crippen molar-refractivity contribution in [2.24, 2.45) is 5.73 Å². The first-order valence-electron chi connectivity index (χ1n) is 12.4. The van der Waals surface area contributed by atoms with E-state index in [1.165, 1.54) is 19.2 Å². The summed E-state index contributed by atoms with van der Waals surface area (Å²) >= 11 is 0. The van der Waals surface area contributed by atoms with E-state index >= 15 is 0 Å². The van der Waals surface area contributed by atoms with Crippen molar-refractivity contribution in [3.05, 3.63) is 74.8 Å². The Labute approximate surface area is 231 Å². The number of carbonyl (C=O) groups excluding carboxylic acids is 2. The molecule has 1 fully saturated rings. The van der Waals surface area contributed by atoms with E-state index in [-0.39, 0.29) is 12.3 Å². The Morgan fingerprint density at radius 2 is 1.85 bits per heavy atom. The summed E-state index contributed by atoms with van der Waals surface area (Å²) in [6.45, 7) is 0.160. The Kier molecular flexibility index (Phi) is 9.21. The van der Waals surface area contributed by atoms with Gasteiger partial charge in [0.05, 0.1) is 0 Å². The van der Waals surface area contributed by atoms with Crippen LogP contribution in [-0.2, 0) is 35.0 Å². The number of aromatic hydroxyl groups is 1. The summed E-state index contributed by atoms with van der Waals surface area (Å²) in [4.78, 5) is 50.8. The summed E-state index contributed by atoms with van der Waals surface area (Å²) in [5.74, 6) is -2.20. The van der Waals surface area contributed by atoms with Crippen LogP contribution in [0.4, 0.5) is 0 Å². The predicted octanol–water partition coefficient (Wildman–Crippen LogP) is -3.29. The van der Waals surface area contributed by atoms with Gasteiger partial charge < -0.3 is 50.4 Å². The van der Waals surface area contributed by atoms with Crippen LogP contribution in [0.2, 0.25) is 0 Å². The molecular formula is C25H30N4O12. The maximum absolute atomic E-state index is 12.7. The molecular weight excluding hydrogens is 548 g/mol. The first-order valence-corrected chi connectivity index (χ1v) is 12.4. The zero-order chi connectivity index (χ0) is 29.8. The molecule has 2 aromatic rings. The van der Waals surface area contributed by atoms with Crippen molar-refractivity contribution >= 4 is 11.8 Å². The van der Waals surface area contributed by atoms with E-state index < -0.39 is 78.0 Å². The van der Waals surface area contributed by atoms with Crippen molar-refractivity contribution in [2.45, 2.75) is 55.6 Å². The quantitative estimate of drug-likeness (QED) is 0.147. The Hall–Kier alpha value is -4.06. The topological polar surface area (TPSA) is 245 Å². The molecule has 0 bridgehead atoms. The first-order chi connectivity index (χ1) is 19.5. The van der Waals surface area contributed by atoms with Crippen molar-refractivity contribution in [1.29, 1.82) is 0 Å². The molecule has 2 amide bonds. The Morgan fingerprint density at radius 3 is 2.49 bits per heavy atom. The van der Waals surface area contributed by atoms with Crippen LogP contribution in [0.5, 0.6) is 5.75 Å². The van der Waals surface area contributed by atoms with Crippen LogP contribution in [-0.4, -0.2) is 98.4 Å². The fraction of sp³-hybridized carbons (Fsp3) is 0.440. The molecule has 8 atom stereocenters. The highest BCUT2D eigenvalue weighted by atomic mass is 16.7. The largest absolute Gasteiger partial charge is 0.508 e. The fourth-order valence-electron chi connectivity index (χ4n) is 4.46. The van der Waals surface area contributed by atoms with Crippen molar-refractivity contribution in [3.8, 4) is 5.75 Å². The molecule has 8 N–H and O–H groups in total. The molecule has 0 radical (unpaired) electrons. The molecule has 0 spiro atoms. The molecule has 3 heterocycles. The Morgan fingerprint density at radius 1 is 1.15 bits per heavy atom. The van der Waals surface area contributed by atoms with Gasteiger partial charge in [0.1, 0.15) is 36.3 Å². The minimum Gasteiger partial charge on any atom is -0.508 e. The highest BCUT2D eigenvalue weighted by Gasteiger charge is 2.52. The molecule has 16 nitrogen and oxygen atoms in total. The lowest BCUT2D eigenvalue weighted by Gasteiger charge is -2.35. The lowest BCUT2D eigenvalue weighted by atomic mass is 10.0. The van der Waals surface area contributed by atoms with Gasteiger partial charge in [0.15, 0.2) is 18.1 Å². The number of aromatic amines is 1. The van der Waals surface area contributed by atoms with Crippen molar-refractivity contribution in [1.82, 2.24) is 14.9 Å². The highest BCUT2D eigenvalue weighted by Crippen LogP contribution is 2.34. The molecule has 1 aromatic heterocycles. The lowest BCUT2D eigenvalue weighted by molar-refractivity contribution is -0.241. The van der Waals surface area contributed by atoms with Crippen molar-refractivity contribution < 1.29 is 49.0 Å². The van der Waals surface area contributed by atoms with Gasteiger partial charge in [0.25, 0.3) is 11.5 Å². The van der Waals surface area contributed by atoms with Crippen LogP contribution < -0.4 is 22.3 Å². The number of nitrogens with one attached hydrogen (secondary N) is 2. The molecule has 1 saturated heterocycles. The summed E-state index contributed by atoms with van der Waals surface area (Å²) in [5, 5.41) is 43.6. The number of phenolic OH excluding ortho intramolecular Hbond substituents is 1. The fourth-order valence-corrected chi connectivity index (χ4v) is 4.46. The lowest BCUT2D eigenvalue weighted by Crippen LogP contribution is -2.54. The number of benzene rings is 1. The summed E-state index contributed by atoms with van der Waals surface area (Å²) in [6.07, 6.45) is -10.3. The zero-order valence-electron chi connectivity index (χ0n) is 21.7. The van der Waals surface area contributed by atoms with Gasteiger partial charge in [0, 0.05) is 25.9 Å². The number of ether oxygens (including phenoxy) is 4. The van der Waals surface area contributed by atoms with Crippen LogP contribution in [0.15, 0.2) is 58.0 Å². The number of hydrogen-bond acceptors (Lipinski definition) is 12. The van der Waals surface area contributed by atoms with Crippen LogP contribution >= 0.6 is 0 Å². The first kappa shape index (κ1) is 29.9. The zero-order valence-corrected chi connectivity index (χ0v) is 21.7. The normalized spacial score (nSPS) is 28.4. The number of hydrogen-bond donors (Lipinski definition) is 7. The molecule has 4 rings (SSSR count). The van der Waals surface area contributed by atoms with Crippen LogP contribution in [0, 0.1) is 0 Å². The third-order valence-corrected chi connectivity index (χ3v) is 6.56. The van der Waals surface area contributed by atoms with Gasteiger partial charge in [-0.25, -0.2) is 4.79 Å². The number of carbonyl (C=O) groups is 2. The number of H-pyrrole nitrogens is 1. The molecule has 2 unspecified atom stereocenters. The van der Waals surface area contributed by atoms with Gasteiger partial charge in [-0.1, -0.05) is 12.1 Å². The molecule has 2 aliphatic heterocycles. The summed E-state index contributed by atoms with van der Waals surface area (Å²) in [7, 11) is 1.19. The smallest absolute Gasteiger partial charge is 0.330 e. The number of aliphatic hydroxyl groups excluding tert-OH is 3. The van der Waals surface area contributed by atoms with Crippen LogP contribution in [0.3, 0.4) is 0 Å². The van der Waals surface area contributed by atoms with Crippen molar-refractivity contribution in [2.75, 3.05) is 13.7 Å². The Bertz CT molecular complexity index is 1390. The van der Waals surface area contributed by atoms with Gasteiger partial charge in [0.2, 0.25) is 12.2 Å². The second-order valence-electron chi connectivity index (χ2n) is 9.33. The average Bonchev–Trinajstić information content (AvgIpc) is 3.25. The molecule has 0 saturated carbocycles. The third kappa shape index (κ3) is 6.64. The van der Waals surface area contributed by atoms with E-state index in [0.29, 0.717) is 6.42 Å². The number of phenols is 1. The molecule has 1 aromatic carbocycles. The minimum atomic E-state index is -1.79. The van der Waals surface area contributed by atoms with Gasteiger partial charge in [-0.3, -0.25) is 23.9 Å². The molecule has 41 heavy (non-hydrogen) atoms. The van der Waals surface area contributed by atoms with Gasteiger partial charge >= 0.3 is 5.69 Å². The second kappa shape index (κ2) is 12.6. The number of methoxy groups -OCH3 is 1. The highest BCUT2D eigenvalue weighted by molar-refractivity contribution is 5.91. The number of aliphatic hydroxyl groups is 3. The third-order valence-electron chi connectivity index (χ3n) is 6.56. The maximum Gasteiger partial charge on any atom is 0.330 e. The predicted molar refractivity (Wildman–Crippen MR) is 136 cm³/mol. The van der Waals surface area contributed by atoms with E-state index in [2.05, 4.69) is 5.32 Å². The van der Waals surface area contributed by atoms with Gasteiger partial charge in [-0.2, -0.15) is 0 Å². The van der Waals surface area contributed by atoms with Crippen LogP contribution in [0.1, 0.15) is 11.8 Å². The van der Waals surface area contributed by atoms with E-state index in [4.69, 9.17) is 24.7 Å². The SMILES string of the molecule is CO[C@@H]1C(C(O[C@H]2OC(C(=O)NCCc3ccc(O)cc3)=C[C@H](O)[C@@H]2O)C(N)=O)O[C@@H](n2ccc(=O)[nH]c2=O)[C@@H]1O. The number of primary amides is 1.